The van der Waals surface area contributed by atoms with E-state index in [0.29, 0.717) is 23.6 Å². The molecule has 0 spiro atoms. The number of rotatable bonds is 4. The summed E-state index contributed by atoms with van der Waals surface area (Å²) >= 11 is 0. The molecule has 0 aliphatic carbocycles. The van der Waals surface area contributed by atoms with Crippen molar-refractivity contribution in [2.24, 2.45) is 5.92 Å². The third kappa shape index (κ3) is 2.77. The fourth-order valence-corrected chi connectivity index (χ4v) is 2.73. The van der Waals surface area contributed by atoms with E-state index < -0.39 is 0 Å². The molecular formula is C16H19N3O3. The molecule has 22 heavy (non-hydrogen) atoms. The smallest absolute Gasteiger partial charge is 0.228 e. The minimum absolute atomic E-state index is 0.0152. The average molecular weight is 301 g/mol. The number of nitrogens with one attached hydrogen (secondary N) is 1. The molecule has 1 unspecified atom stereocenters. The van der Waals surface area contributed by atoms with Gasteiger partial charge in [-0.05, 0) is 18.6 Å². The molecule has 1 aromatic heterocycles. The van der Waals surface area contributed by atoms with Gasteiger partial charge in [0.15, 0.2) is 11.5 Å². The van der Waals surface area contributed by atoms with E-state index in [2.05, 4.69) is 14.9 Å². The number of carbonyl (C=O) groups is 1. The van der Waals surface area contributed by atoms with Gasteiger partial charge < -0.3 is 19.4 Å². The number of hydrogen-bond acceptors (Lipinski definition) is 4. The number of aromatic nitrogens is 2. The lowest BCUT2D eigenvalue weighted by molar-refractivity contribution is -0.120. The van der Waals surface area contributed by atoms with Crippen LogP contribution in [0, 0.1) is 5.92 Å². The molecule has 2 aromatic rings. The average Bonchev–Trinajstić information content (AvgIpc) is 3.02. The van der Waals surface area contributed by atoms with Gasteiger partial charge in [-0.1, -0.05) is 0 Å². The van der Waals surface area contributed by atoms with E-state index in [-0.39, 0.29) is 11.8 Å². The highest BCUT2D eigenvalue weighted by Crippen LogP contribution is 2.30. The zero-order valence-electron chi connectivity index (χ0n) is 12.7. The van der Waals surface area contributed by atoms with E-state index in [4.69, 9.17) is 9.47 Å². The molecule has 1 aliphatic heterocycles. The summed E-state index contributed by atoms with van der Waals surface area (Å²) in [5.74, 6) is 2.17. The van der Waals surface area contributed by atoms with E-state index in [1.54, 1.807) is 32.5 Å². The van der Waals surface area contributed by atoms with Gasteiger partial charge in [0.2, 0.25) is 5.91 Å². The van der Waals surface area contributed by atoms with E-state index >= 15 is 0 Å². The van der Waals surface area contributed by atoms with Gasteiger partial charge in [-0.25, -0.2) is 4.98 Å². The molecular weight excluding hydrogens is 282 g/mol. The summed E-state index contributed by atoms with van der Waals surface area (Å²) in [6.07, 6.45) is 5.23. The van der Waals surface area contributed by atoms with Crippen molar-refractivity contribution in [1.82, 2.24) is 9.55 Å². The number of fused-ring (bicyclic) bond motifs is 1. The summed E-state index contributed by atoms with van der Waals surface area (Å²) in [4.78, 5) is 16.7. The number of amides is 1. The maximum Gasteiger partial charge on any atom is 0.228 e. The van der Waals surface area contributed by atoms with Gasteiger partial charge in [-0.2, -0.15) is 0 Å². The predicted molar refractivity (Wildman–Crippen MR) is 82.2 cm³/mol. The highest BCUT2D eigenvalue weighted by molar-refractivity contribution is 5.93. The van der Waals surface area contributed by atoms with Gasteiger partial charge in [0.1, 0.15) is 5.82 Å². The first-order valence-corrected chi connectivity index (χ1v) is 7.24. The van der Waals surface area contributed by atoms with Gasteiger partial charge in [-0.15, -0.1) is 0 Å². The first-order chi connectivity index (χ1) is 10.7. The van der Waals surface area contributed by atoms with Crippen LogP contribution in [-0.2, 0) is 17.8 Å². The van der Waals surface area contributed by atoms with E-state index in [0.717, 1.165) is 18.8 Å². The van der Waals surface area contributed by atoms with Crippen molar-refractivity contribution in [1.29, 1.82) is 0 Å². The minimum atomic E-state index is -0.0528. The third-order valence-corrected chi connectivity index (χ3v) is 3.97. The van der Waals surface area contributed by atoms with Crippen LogP contribution in [0.15, 0.2) is 30.6 Å². The maximum absolute atomic E-state index is 12.4. The second kappa shape index (κ2) is 6.09. The number of ether oxygens (including phenoxy) is 2. The van der Waals surface area contributed by atoms with Crippen LogP contribution in [0.3, 0.4) is 0 Å². The molecule has 6 heteroatoms. The Morgan fingerprint density at radius 2 is 2.14 bits per heavy atom. The van der Waals surface area contributed by atoms with E-state index in [1.165, 1.54) is 0 Å². The summed E-state index contributed by atoms with van der Waals surface area (Å²) in [7, 11) is 3.16. The van der Waals surface area contributed by atoms with Crippen molar-refractivity contribution in [3.8, 4) is 11.5 Å². The molecule has 1 N–H and O–H groups in total. The first kappa shape index (κ1) is 14.4. The number of imidazole rings is 1. The molecule has 0 bridgehead atoms. The summed E-state index contributed by atoms with van der Waals surface area (Å²) in [6.45, 7) is 0.833. The van der Waals surface area contributed by atoms with Crippen molar-refractivity contribution in [2.45, 2.75) is 19.4 Å². The normalized spacial score (nSPS) is 16.7. The standard InChI is InChI=1S/C16H19N3O3/c1-21-13-4-3-12(10-14(13)22-2)18-16(20)11-5-7-19-8-6-17-15(19)9-11/h3-4,6,8,10-11H,5,7,9H2,1-2H3,(H,18,20). The van der Waals surface area contributed by atoms with Gasteiger partial charge in [-0.3, -0.25) is 4.79 Å². The molecule has 3 rings (SSSR count). The highest BCUT2D eigenvalue weighted by atomic mass is 16.5. The molecule has 0 saturated carbocycles. The lowest BCUT2D eigenvalue weighted by Gasteiger charge is -2.22. The van der Waals surface area contributed by atoms with Crippen molar-refractivity contribution in [2.75, 3.05) is 19.5 Å². The quantitative estimate of drug-likeness (QED) is 0.939. The van der Waals surface area contributed by atoms with Crippen LogP contribution in [0.1, 0.15) is 12.2 Å². The van der Waals surface area contributed by atoms with Gasteiger partial charge in [0.05, 0.1) is 14.2 Å². The SMILES string of the molecule is COc1ccc(NC(=O)C2CCn3ccnc3C2)cc1OC. The van der Waals surface area contributed by atoms with Crippen LogP contribution in [0.5, 0.6) is 11.5 Å². The Labute approximate surface area is 129 Å². The summed E-state index contributed by atoms with van der Waals surface area (Å²) in [5, 5.41) is 2.95. The molecule has 0 fully saturated rings. The van der Waals surface area contributed by atoms with Crippen LogP contribution in [0.2, 0.25) is 0 Å². The van der Waals surface area contributed by atoms with Gasteiger partial charge >= 0.3 is 0 Å². The Balaban J connectivity index is 1.70. The van der Waals surface area contributed by atoms with Crippen LogP contribution in [0.25, 0.3) is 0 Å². The fourth-order valence-electron chi connectivity index (χ4n) is 2.73. The van der Waals surface area contributed by atoms with Crippen molar-refractivity contribution < 1.29 is 14.3 Å². The number of nitrogens with zero attached hydrogens (tertiary/aromatic N) is 2. The number of carbonyl (C=O) groups excluding carboxylic acids is 1. The molecule has 1 amide bonds. The Morgan fingerprint density at radius 1 is 1.32 bits per heavy atom. The largest absolute Gasteiger partial charge is 0.493 e. The number of aryl methyl sites for hydroxylation is 1. The summed E-state index contributed by atoms with van der Waals surface area (Å²) in [6, 6.07) is 5.35. The fraction of sp³-hybridized carbons (Fsp3) is 0.375. The van der Waals surface area contributed by atoms with Crippen LogP contribution >= 0.6 is 0 Å². The lowest BCUT2D eigenvalue weighted by Crippen LogP contribution is -2.30. The topological polar surface area (TPSA) is 65.4 Å². The highest BCUT2D eigenvalue weighted by Gasteiger charge is 2.25. The molecule has 116 valence electrons. The lowest BCUT2D eigenvalue weighted by atomic mass is 9.97. The number of benzene rings is 1. The Bertz CT molecular complexity index is 681. The van der Waals surface area contributed by atoms with Crippen LogP contribution in [0.4, 0.5) is 5.69 Å². The second-order valence-corrected chi connectivity index (χ2v) is 5.29. The number of hydrogen-bond donors (Lipinski definition) is 1. The Morgan fingerprint density at radius 3 is 2.91 bits per heavy atom. The summed E-state index contributed by atoms with van der Waals surface area (Å²) in [5.41, 5.74) is 0.705. The van der Waals surface area contributed by atoms with Gasteiger partial charge in [0, 0.05) is 43.0 Å². The Hall–Kier alpha value is -2.50. The molecule has 6 nitrogen and oxygen atoms in total. The molecule has 1 atom stereocenters. The molecule has 0 radical (unpaired) electrons. The van der Waals surface area contributed by atoms with E-state index in [1.807, 2.05) is 12.3 Å². The molecule has 2 heterocycles. The van der Waals surface area contributed by atoms with E-state index in [9.17, 15) is 4.79 Å². The monoisotopic (exact) mass is 301 g/mol. The second-order valence-electron chi connectivity index (χ2n) is 5.29. The third-order valence-electron chi connectivity index (χ3n) is 3.97. The zero-order valence-corrected chi connectivity index (χ0v) is 12.7. The zero-order chi connectivity index (χ0) is 15.5. The number of methoxy groups -OCH3 is 2. The Kier molecular flexibility index (Phi) is 4.00. The molecule has 1 aliphatic rings. The van der Waals surface area contributed by atoms with Crippen LogP contribution in [-0.4, -0.2) is 29.7 Å². The van der Waals surface area contributed by atoms with Crippen molar-refractivity contribution in [3.63, 3.8) is 0 Å². The van der Waals surface area contributed by atoms with Crippen LogP contribution < -0.4 is 14.8 Å². The molecule has 0 saturated heterocycles. The van der Waals surface area contributed by atoms with Crippen molar-refractivity contribution in [3.05, 3.63) is 36.4 Å². The van der Waals surface area contributed by atoms with Gasteiger partial charge in [0.25, 0.3) is 0 Å². The predicted octanol–water partition coefficient (Wildman–Crippen LogP) is 2.10. The number of anilines is 1. The minimum Gasteiger partial charge on any atom is -0.493 e. The van der Waals surface area contributed by atoms with Crippen molar-refractivity contribution >= 4 is 11.6 Å². The summed E-state index contributed by atoms with van der Waals surface area (Å²) < 4.78 is 12.5. The molecule has 1 aromatic carbocycles. The first-order valence-electron chi connectivity index (χ1n) is 7.24. The maximum atomic E-state index is 12.4.